The SMILES string of the molecule is O=C(CC(=O)c1nccs1)c1cc(Cc2ccccc2)cc(Cn2cnccc2=O)c1. The smallest absolute Gasteiger partial charge is 0.253 e. The predicted octanol–water partition coefficient (Wildman–Crippen LogP) is 3.79. The Labute approximate surface area is 182 Å². The average Bonchev–Trinajstić information content (AvgIpc) is 3.31. The van der Waals surface area contributed by atoms with Crippen molar-refractivity contribution < 1.29 is 9.59 Å². The summed E-state index contributed by atoms with van der Waals surface area (Å²) in [5, 5.41) is 2.04. The van der Waals surface area contributed by atoms with Gasteiger partial charge in [0.15, 0.2) is 16.6 Å². The van der Waals surface area contributed by atoms with Crippen LogP contribution in [0.1, 0.15) is 43.3 Å². The van der Waals surface area contributed by atoms with Crippen molar-refractivity contribution in [3.63, 3.8) is 0 Å². The highest BCUT2D eigenvalue weighted by Gasteiger charge is 2.17. The summed E-state index contributed by atoms with van der Waals surface area (Å²) < 4.78 is 1.48. The lowest BCUT2D eigenvalue weighted by Gasteiger charge is -2.11. The van der Waals surface area contributed by atoms with E-state index in [-0.39, 0.29) is 30.1 Å². The van der Waals surface area contributed by atoms with E-state index < -0.39 is 0 Å². The monoisotopic (exact) mass is 429 g/mol. The molecule has 154 valence electrons. The molecular formula is C24H19N3O3S. The molecule has 6 nitrogen and oxygen atoms in total. The van der Waals surface area contributed by atoms with Crippen LogP contribution in [-0.2, 0) is 13.0 Å². The fourth-order valence-corrected chi connectivity index (χ4v) is 3.90. The number of aromatic nitrogens is 3. The molecule has 0 amide bonds. The fourth-order valence-electron chi connectivity index (χ4n) is 3.33. The lowest BCUT2D eigenvalue weighted by Crippen LogP contribution is -2.19. The first-order chi connectivity index (χ1) is 15.1. The summed E-state index contributed by atoms with van der Waals surface area (Å²) >= 11 is 1.22. The number of rotatable bonds is 8. The first-order valence-electron chi connectivity index (χ1n) is 9.71. The van der Waals surface area contributed by atoms with E-state index in [1.165, 1.54) is 34.5 Å². The average molecular weight is 430 g/mol. The van der Waals surface area contributed by atoms with Crippen molar-refractivity contribution in [1.82, 2.24) is 14.5 Å². The second-order valence-corrected chi connectivity index (χ2v) is 8.00. The molecule has 7 heteroatoms. The Kier molecular flexibility index (Phi) is 6.24. The zero-order chi connectivity index (χ0) is 21.6. The van der Waals surface area contributed by atoms with Gasteiger partial charge in [-0.1, -0.05) is 36.4 Å². The molecule has 0 N–H and O–H groups in total. The van der Waals surface area contributed by atoms with Crippen molar-refractivity contribution in [2.24, 2.45) is 0 Å². The molecule has 4 aromatic rings. The third kappa shape index (κ3) is 5.26. The molecule has 4 rings (SSSR count). The number of thiazole rings is 1. The van der Waals surface area contributed by atoms with Crippen LogP contribution in [0.3, 0.4) is 0 Å². The van der Waals surface area contributed by atoms with Gasteiger partial charge in [0.1, 0.15) is 0 Å². The summed E-state index contributed by atoms with van der Waals surface area (Å²) in [5.41, 5.74) is 3.12. The van der Waals surface area contributed by atoms with Gasteiger partial charge in [0, 0.05) is 29.4 Å². The van der Waals surface area contributed by atoms with Gasteiger partial charge in [-0.05, 0) is 35.2 Å². The molecule has 2 heterocycles. The van der Waals surface area contributed by atoms with Crippen molar-refractivity contribution in [2.45, 2.75) is 19.4 Å². The topological polar surface area (TPSA) is 81.9 Å². The Morgan fingerprint density at radius 2 is 1.71 bits per heavy atom. The van der Waals surface area contributed by atoms with E-state index in [1.807, 2.05) is 42.5 Å². The zero-order valence-electron chi connectivity index (χ0n) is 16.6. The molecule has 0 aliphatic rings. The van der Waals surface area contributed by atoms with Crippen LogP contribution in [0.25, 0.3) is 0 Å². The normalized spacial score (nSPS) is 10.7. The molecular weight excluding hydrogens is 410 g/mol. The van der Waals surface area contributed by atoms with E-state index in [1.54, 1.807) is 17.6 Å². The molecule has 0 unspecified atom stereocenters. The molecule has 0 spiro atoms. The number of ketones is 2. The molecule has 31 heavy (non-hydrogen) atoms. The van der Waals surface area contributed by atoms with Crippen molar-refractivity contribution >= 4 is 22.9 Å². The summed E-state index contributed by atoms with van der Waals surface area (Å²) in [5.74, 6) is -0.562. The van der Waals surface area contributed by atoms with Gasteiger partial charge in [0.05, 0.1) is 19.3 Å². The molecule has 0 radical (unpaired) electrons. The second kappa shape index (κ2) is 9.40. The van der Waals surface area contributed by atoms with Crippen molar-refractivity contribution in [2.75, 3.05) is 0 Å². The molecule has 0 saturated carbocycles. The highest BCUT2D eigenvalue weighted by atomic mass is 32.1. The number of hydrogen-bond donors (Lipinski definition) is 0. The first-order valence-corrected chi connectivity index (χ1v) is 10.6. The Morgan fingerprint density at radius 3 is 2.45 bits per heavy atom. The minimum Gasteiger partial charge on any atom is -0.295 e. The maximum atomic E-state index is 12.9. The molecule has 0 atom stereocenters. The lowest BCUT2D eigenvalue weighted by molar-refractivity contribution is 0.0894. The molecule has 0 bridgehead atoms. The van der Waals surface area contributed by atoms with Crippen LogP contribution in [0, 0.1) is 0 Å². The summed E-state index contributed by atoms with van der Waals surface area (Å²) in [6, 6.07) is 16.9. The third-order valence-corrected chi connectivity index (χ3v) is 5.58. The Hall–Kier alpha value is -3.71. The maximum absolute atomic E-state index is 12.9. The fraction of sp³-hybridized carbons (Fsp3) is 0.125. The Bertz CT molecular complexity index is 1260. The quantitative estimate of drug-likeness (QED) is 0.314. The number of Topliss-reactive ketones (excluding diaryl/α,β-unsaturated/α-hetero) is 2. The highest BCUT2D eigenvalue weighted by Crippen LogP contribution is 2.18. The molecule has 2 aromatic heterocycles. The van der Waals surface area contributed by atoms with Crippen LogP contribution >= 0.6 is 11.3 Å². The molecule has 0 saturated heterocycles. The van der Waals surface area contributed by atoms with Crippen LogP contribution in [0.15, 0.2) is 83.5 Å². The van der Waals surface area contributed by atoms with Gasteiger partial charge in [-0.25, -0.2) is 9.97 Å². The molecule has 0 aliphatic carbocycles. The minimum absolute atomic E-state index is 0.171. The predicted molar refractivity (Wildman–Crippen MR) is 119 cm³/mol. The van der Waals surface area contributed by atoms with E-state index >= 15 is 0 Å². The molecule has 2 aromatic carbocycles. The largest absolute Gasteiger partial charge is 0.295 e. The highest BCUT2D eigenvalue weighted by molar-refractivity contribution is 7.11. The number of benzene rings is 2. The number of carbonyl (C=O) groups is 2. The lowest BCUT2D eigenvalue weighted by atomic mass is 9.96. The third-order valence-electron chi connectivity index (χ3n) is 4.76. The van der Waals surface area contributed by atoms with Crippen LogP contribution < -0.4 is 5.56 Å². The number of hydrogen-bond acceptors (Lipinski definition) is 6. The summed E-state index contributed by atoms with van der Waals surface area (Å²) in [7, 11) is 0. The van der Waals surface area contributed by atoms with Crippen LogP contribution in [0.4, 0.5) is 0 Å². The van der Waals surface area contributed by atoms with Crippen LogP contribution in [0.5, 0.6) is 0 Å². The summed E-state index contributed by atoms with van der Waals surface area (Å²) in [4.78, 5) is 45.4. The zero-order valence-corrected chi connectivity index (χ0v) is 17.4. The van der Waals surface area contributed by atoms with E-state index in [4.69, 9.17) is 0 Å². The summed E-state index contributed by atoms with van der Waals surface area (Å²) in [6.07, 6.45) is 4.86. The second-order valence-electron chi connectivity index (χ2n) is 7.11. The Balaban J connectivity index is 1.65. The van der Waals surface area contributed by atoms with E-state index in [0.29, 0.717) is 17.0 Å². The van der Waals surface area contributed by atoms with E-state index in [0.717, 1.165) is 16.7 Å². The van der Waals surface area contributed by atoms with Gasteiger partial charge in [-0.15, -0.1) is 11.3 Å². The van der Waals surface area contributed by atoms with Crippen LogP contribution in [0.2, 0.25) is 0 Å². The molecule has 0 aliphatic heterocycles. The van der Waals surface area contributed by atoms with Crippen molar-refractivity contribution in [1.29, 1.82) is 0 Å². The first kappa shape index (κ1) is 20.6. The summed E-state index contributed by atoms with van der Waals surface area (Å²) in [6.45, 7) is 0.288. The maximum Gasteiger partial charge on any atom is 0.253 e. The van der Waals surface area contributed by atoms with Crippen molar-refractivity contribution in [3.05, 3.63) is 116 Å². The number of nitrogens with zero attached hydrogens (tertiary/aromatic N) is 3. The van der Waals surface area contributed by atoms with Crippen LogP contribution in [-0.4, -0.2) is 26.1 Å². The van der Waals surface area contributed by atoms with Gasteiger partial charge in [0.25, 0.3) is 5.56 Å². The standard InChI is InChI=1S/C24H19N3O3S/c28-21(14-22(29)24-26-8-9-31-24)20-12-18(10-17-4-2-1-3-5-17)11-19(13-20)15-27-16-25-7-6-23(27)30/h1-9,11-13,16H,10,14-15H2. The molecule has 0 fully saturated rings. The van der Waals surface area contributed by atoms with E-state index in [2.05, 4.69) is 9.97 Å². The van der Waals surface area contributed by atoms with Crippen molar-refractivity contribution in [3.8, 4) is 0 Å². The Morgan fingerprint density at radius 1 is 0.903 bits per heavy atom. The van der Waals surface area contributed by atoms with Gasteiger partial charge in [-0.3, -0.25) is 19.0 Å². The van der Waals surface area contributed by atoms with E-state index in [9.17, 15) is 14.4 Å². The van der Waals surface area contributed by atoms with Gasteiger partial charge >= 0.3 is 0 Å². The minimum atomic E-state index is -0.293. The number of carbonyl (C=O) groups excluding carboxylic acids is 2. The van der Waals surface area contributed by atoms with Gasteiger partial charge < -0.3 is 0 Å². The van der Waals surface area contributed by atoms with Gasteiger partial charge in [0.2, 0.25) is 0 Å². The van der Waals surface area contributed by atoms with Gasteiger partial charge in [-0.2, -0.15) is 0 Å².